The molecule has 0 spiro atoms. The number of phenolic OH excluding ortho intramolecular Hbond substituents is 1. The number of methoxy groups -OCH3 is 1. The fourth-order valence-electron chi connectivity index (χ4n) is 3.20. The maximum Gasteiger partial charge on any atom is 0.333 e. The Hall–Kier alpha value is -4.79. The fourth-order valence-corrected chi connectivity index (χ4v) is 3.20. The number of hydrogen-bond acceptors (Lipinski definition) is 9. The highest BCUT2D eigenvalue weighted by molar-refractivity contribution is 6.11. The third kappa shape index (κ3) is 7.60. The Kier molecular flexibility index (Phi) is 9.26. The van der Waals surface area contributed by atoms with E-state index in [-0.39, 0.29) is 53.7 Å². The van der Waals surface area contributed by atoms with Crippen molar-refractivity contribution >= 4 is 29.1 Å². The summed E-state index contributed by atoms with van der Waals surface area (Å²) < 4.78 is 15.3. The number of nitrogens with zero attached hydrogens (tertiary/aromatic N) is 2. The van der Waals surface area contributed by atoms with E-state index >= 15 is 0 Å². The lowest BCUT2D eigenvalue weighted by Crippen LogP contribution is -2.15. The molecule has 0 saturated carbocycles. The molecule has 3 rings (SSSR count). The lowest BCUT2D eigenvalue weighted by atomic mass is 10.0. The minimum Gasteiger partial charge on any atom is -0.507 e. The van der Waals surface area contributed by atoms with Gasteiger partial charge in [-0.3, -0.25) is 9.59 Å². The lowest BCUT2D eigenvalue weighted by molar-refractivity contribution is -0.149. The van der Waals surface area contributed by atoms with Crippen molar-refractivity contribution in [3.63, 3.8) is 0 Å². The van der Waals surface area contributed by atoms with Crippen LogP contribution < -0.4 is 4.74 Å². The minimum atomic E-state index is -0.545. The van der Waals surface area contributed by atoms with Crippen molar-refractivity contribution in [2.24, 2.45) is 10.2 Å². The second-order valence-corrected chi connectivity index (χ2v) is 7.92. The number of benzene rings is 3. The van der Waals surface area contributed by atoms with Crippen molar-refractivity contribution in [2.45, 2.75) is 13.3 Å². The fraction of sp³-hybridized carbons (Fsp3) is 0.179. The van der Waals surface area contributed by atoms with Crippen molar-refractivity contribution < 1.29 is 33.7 Å². The van der Waals surface area contributed by atoms with Gasteiger partial charge in [-0.2, -0.15) is 5.11 Å². The first-order valence-electron chi connectivity index (χ1n) is 11.3. The van der Waals surface area contributed by atoms with Crippen molar-refractivity contribution in [1.29, 1.82) is 0 Å². The normalized spacial score (nSPS) is 10.6. The van der Waals surface area contributed by atoms with E-state index in [1.165, 1.54) is 26.2 Å². The number of ketones is 1. The van der Waals surface area contributed by atoms with E-state index in [1.807, 2.05) is 0 Å². The van der Waals surface area contributed by atoms with Gasteiger partial charge in [0.1, 0.15) is 30.4 Å². The van der Waals surface area contributed by atoms with Crippen LogP contribution >= 0.6 is 0 Å². The molecule has 0 unspecified atom stereocenters. The summed E-state index contributed by atoms with van der Waals surface area (Å²) in [6, 6.07) is 18.1. The van der Waals surface area contributed by atoms with Crippen molar-refractivity contribution in [1.82, 2.24) is 0 Å². The second-order valence-electron chi connectivity index (χ2n) is 7.92. The van der Waals surface area contributed by atoms with Gasteiger partial charge in [0, 0.05) is 17.2 Å². The first kappa shape index (κ1) is 26.8. The number of aromatic hydroxyl groups is 1. The highest BCUT2D eigenvalue weighted by Crippen LogP contribution is 2.36. The largest absolute Gasteiger partial charge is 0.507 e. The smallest absolute Gasteiger partial charge is 0.333 e. The molecule has 3 aromatic rings. The van der Waals surface area contributed by atoms with Crippen molar-refractivity contribution in [2.75, 3.05) is 20.3 Å². The molecule has 1 N–H and O–H groups in total. The predicted molar refractivity (Wildman–Crippen MR) is 136 cm³/mol. The number of rotatable bonds is 11. The van der Waals surface area contributed by atoms with E-state index in [0.29, 0.717) is 16.8 Å². The molecule has 0 bridgehead atoms. The van der Waals surface area contributed by atoms with E-state index in [4.69, 9.17) is 14.2 Å². The van der Waals surface area contributed by atoms with E-state index in [1.54, 1.807) is 54.6 Å². The molecule has 0 fully saturated rings. The summed E-state index contributed by atoms with van der Waals surface area (Å²) in [6.07, 6.45) is -0.0178. The summed E-state index contributed by atoms with van der Waals surface area (Å²) in [5, 5.41) is 18.8. The average molecular weight is 503 g/mol. The van der Waals surface area contributed by atoms with Gasteiger partial charge in [-0.1, -0.05) is 49.0 Å². The second kappa shape index (κ2) is 12.8. The first-order valence-corrected chi connectivity index (χ1v) is 11.3. The zero-order chi connectivity index (χ0) is 26.8. The van der Waals surface area contributed by atoms with E-state index in [2.05, 4.69) is 16.8 Å². The van der Waals surface area contributed by atoms with Crippen LogP contribution in [0.5, 0.6) is 11.5 Å². The topological polar surface area (TPSA) is 124 Å². The van der Waals surface area contributed by atoms with Crippen LogP contribution in [0.1, 0.15) is 28.4 Å². The van der Waals surface area contributed by atoms with Gasteiger partial charge in [-0.05, 0) is 30.7 Å². The highest BCUT2D eigenvalue weighted by atomic mass is 16.6. The summed E-state index contributed by atoms with van der Waals surface area (Å²) >= 11 is 0. The van der Waals surface area contributed by atoms with Crippen LogP contribution in [-0.4, -0.2) is 43.2 Å². The van der Waals surface area contributed by atoms with Crippen LogP contribution in [0.4, 0.5) is 11.4 Å². The van der Waals surface area contributed by atoms with Gasteiger partial charge in [-0.25, -0.2) is 4.79 Å². The van der Waals surface area contributed by atoms with Gasteiger partial charge in [0.2, 0.25) is 0 Å². The molecule has 0 saturated heterocycles. The molecular formula is C28H26N2O7. The molecule has 0 radical (unpaired) electrons. The van der Waals surface area contributed by atoms with Gasteiger partial charge in [0.05, 0.1) is 24.8 Å². The molecule has 0 heterocycles. The monoisotopic (exact) mass is 502 g/mol. The molecule has 9 nitrogen and oxygen atoms in total. The summed E-state index contributed by atoms with van der Waals surface area (Å²) in [4.78, 5) is 36.3. The molecule has 0 aromatic heterocycles. The van der Waals surface area contributed by atoms with Gasteiger partial charge in [0.25, 0.3) is 0 Å². The summed E-state index contributed by atoms with van der Waals surface area (Å²) in [5.41, 5.74) is 2.07. The Morgan fingerprint density at radius 2 is 1.65 bits per heavy atom. The molecule has 0 aliphatic rings. The minimum absolute atomic E-state index is 0.0178. The summed E-state index contributed by atoms with van der Waals surface area (Å²) in [7, 11) is 1.41. The Morgan fingerprint density at radius 1 is 0.919 bits per heavy atom. The molecule has 0 aliphatic carbocycles. The number of azo groups is 1. The molecule has 37 heavy (non-hydrogen) atoms. The van der Waals surface area contributed by atoms with Gasteiger partial charge < -0.3 is 19.3 Å². The van der Waals surface area contributed by atoms with E-state index in [9.17, 15) is 19.5 Å². The van der Waals surface area contributed by atoms with Crippen LogP contribution in [-0.2, 0) is 25.5 Å². The Morgan fingerprint density at radius 3 is 2.35 bits per heavy atom. The third-order valence-electron chi connectivity index (χ3n) is 5.04. The maximum absolute atomic E-state index is 12.9. The number of carbonyl (C=O) groups excluding carboxylic acids is 3. The van der Waals surface area contributed by atoms with Crippen LogP contribution in [0.2, 0.25) is 0 Å². The molecular weight excluding hydrogens is 476 g/mol. The average Bonchev–Trinajstić information content (AvgIpc) is 2.90. The van der Waals surface area contributed by atoms with Crippen LogP contribution in [0.25, 0.3) is 0 Å². The molecule has 0 atom stereocenters. The molecule has 9 heteroatoms. The maximum atomic E-state index is 12.9. The van der Waals surface area contributed by atoms with Crippen LogP contribution in [0.3, 0.4) is 0 Å². The zero-order valence-electron chi connectivity index (χ0n) is 20.5. The number of carbonyl (C=O) groups is 3. The molecule has 3 aromatic carbocycles. The highest BCUT2D eigenvalue weighted by Gasteiger charge is 2.17. The Labute approximate surface area is 214 Å². The first-order chi connectivity index (χ1) is 17.8. The standard InChI is InChI=1S/C28H26N2O7/c1-18(2)28(34)37-13-12-36-26(32)15-19-8-7-11-21(14-19)29-30-23-16-22(24(31)17-25(23)35-3)27(33)20-9-5-4-6-10-20/h4-11,14,16-17,31H,1,12-13,15H2,2-3H3/b30-29+. The van der Waals surface area contributed by atoms with Crippen molar-refractivity contribution in [3.8, 4) is 11.5 Å². The van der Waals surface area contributed by atoms with E-state index < -0.39 is 11.9 Å². The van der Waals surface area contributed by atoms with Gasteiger partial charge >= 0.3 is 11.9 Å². The zero-order valence-corrected chi connectivity index (χ0v) is 20.5. The predicted octanol–water partition coefficient (Wildman–Crippen LogP) is 5.25. The molecule has 0 aliphatic heterocycles. The number of phenols is 1. The SMILES string of the molecule is C=C(C)C(=O)OCCOC(=O)Cc1cccc(/N=N/c2cc(C(=O)c3ccccc3)c(O)cc2OC)c1. The molecule has 0 amide bonds. The number of ether oxygens (including phenoxy) is 3. The quantitative estimate of drug-likeness (QED) is 0.125. The van der Waals surface area contributed by atoms with E-state index in [0.717, 1.165) is 0 Å². The summed E-state index contributed by atoms with van der Waals surface area (Å²) in [6.45, 7) is 4.87. The van der Waals surface area contributed by atoms with Crippen LogP contribution in [0, 0.1) is 0 Å². The third-order valence-corrected chi connectivity index (χ3v) is 5.04. The Bertz CT molecular complexity index is 1330. The van der Waals surface area contributed by atoms with Gasteiger partial charge in [0.15, 0.2) is 5.78 Å². The lowest BCUT2D eigenvalue weighted by Gasteiger charge is -2.09. The number of esters is 2. The van der Waals surface area contributed by atoms with Crippen molar-refractivity contribution in [3.05, 3.63) is 95.6 Å². The van der Waals surface area contributed by atoms with Crippen LogP contribution in [0.15, 0.2) is 89.1 Å². The Balaban J connectivity index is 1.70. The molecule has 190 valence electrons. The summed E-state index contributed by atoms with van der Waals surface area (Å²) in [5.74, 6) is -1.41. The van der Waals surface area contributed by atoms with Gasteiger partial charge in [-0.15, -0.1) is 5.11 Å². The number of hydrogen-bond donors (Lipinski definition) is 1.